The van der Waals surface area contributed by atoms with Crippen molar-refractivity contribution in [2.24, 2.45) is 0 Å². The second-order valence-corrected chi connectivity index (χ2v) is 2.84. The van der Waals surface area contributed by atoms with Crippen LogP contribution in [0.3, 0.4) is 0 Å². The van der Waals surface area contributed by atoms with Crippen molar-refractivity contribution in [3.05, 3.63) is 23.0 Å². The zero-order valence-electron chi connectivity index (χ0n) is 8.90. The summed E-state index contributed by atoms with van der Waals surface area (Å²) in [4.78, 5) is 0. The molecule has 70 valence electrons. The van der Waals surface area contributed by atoms with Crippen molar-refractivity contribution in [3.8, 4) is 0 Å². The molecule has 0 aromatic rings. The summed E-state index contributed by atoms with van der Waals surface area (Å²) in [6.07, 6.45) is 4.48. The van der Waals surface area contributed by atoms with Gasteiger partial charge >= 0.3 is 0 Å². The molecule has 0 bridgehead atoms. The molecule has 1 aliphatic carbocycles. The lowest BCUT2D eigenvalue weighted by Crippen LogP contribution is -1.96. The lowest BCUT2D eigenvalue weighted by atomic mass is 9.99. The lowest BCUT2D eigenvalue weighted by Gasteiger charge is -2.13. The van der Waals surface area contributed by atoms with Crippen LogP contribution in [-0.2, 0) is 4.74 Å². The molecule has 0 spiro atoms. The average molecular weight is 168 g/mol. The SMILES string of the molecule is CC.COC1=C(C)CCC(C)=C1. The number of hydrogen-bond acceptors (Lipinski definition) is 1. The fourth-order valence-electron chi connectivity index (χ4n) is 1.16. The topological polar surface area (TPSA) is 9.23 Å². The molecule has 12 heavy (non-hydrogen) atoms. The van der Waals surface area contributed by atoms with Crippen LogP contribution in [0, 0.1) is 0 Å². The van der Waals surface area contributed by atoms with Gasteiger partial charge in [0.25, 0.3) is 0 Å². The van der Waals surface area contributed by atoms with E-state index in [1.165, 1.54) is 17.6 Å². The molecule has 0 amide bonds. The van der Waals surface area contributed by atoms with Crippen molar-refractivity contribution in [2.75, 3.05) is 7.11 Å². The number of hydrogen-bond donors (Lipinski definition) is 0. The second-order valence-electron chi connectivity index (χ2n) is 2.84. The number of methoxy groups -OCH3 is 1. The summed E-state index contributed by atoms with van der Waals surface area (Å²) in [5.41, 5.74) is 2.79. The van der Waals surface area contributed by atoms with Crippen LogP contribution in [0.25, 0.3) is 0 Å². The second kappa shape index (κ2) is 5.87. The molecule has 0 fully saturated rings. The molecular formula is C11H20O. The molecule has 0 aliphatic heterocycles. The fourth-order valence-corrected chi connectivity index (χ4v) is 1.16. The standard InChI is InChI=1S/C9H14O.C2H6/c1-7-4-5-8(2)9(6-7)10-3;1-2/h6H,4-5H2,1-3H3;1-2H3. The Balaban J connectivity index is 0.000000561. The minimum absolute atomic E-state index is 1.06. The molecular weight excluding hydrogens is 148 g/mol. The van der Waals surface area contributed by atoms with Gasteiger partial charge < -0.3 is 4.74 Å². The largest absolute Gasteiger partial charge is 0.497 e. The third kappa shape index (κ3) is 3.12. The summed E-state index contributed by atoms with van der Waals surface area (Å²) in [6, 6.07) is 0. The monoisotopic (exact) mass is 168 g/mol. The summed E-state index contributed by atoms with van der Waals surface area (Å²) in [7, 11) is 1.73. The smallest absolute Gasteiger partial charge is 0.117 e. The van der Waals surface area contributed by atoms with Crippen LogP contribution in [0.4, 0.5) is 0 Å². The number of rotatable bonds is 1. The molecule has 0 saturated carbocycles. The van der Waals surface area contributed by atoms with Gasteiger partial charge in [0.1, 0.15) is 5.76 Å². The Morgan fingerprint density at radius 2 is 1.75 bits per heavy atom. The van der Waals surface area contributed by atoms with Gasteiger partial charge in [-0.1, -0.05) is 19.4 Å². The van der Waals surface area contributed by atoms with Gasteiger partial charge in [0.2, 0.25) is 0 Å². The molecule has 0 unspecified atom stereocenters. The van der Waals surface area contributed by atoms with E-state index in [4.69, 9.17) is 4.74 Å². The summed E-state index contributed by atoms with van der Waals surface area (Å²) < 4.78 is 5.18. The van der Waals surface area contributed by atoms with Crippen LogP contribution in [0.15, 0.2) is 23.0 Å². The van der Waals surface area contributed by atoms with Crippen LogP contribution in [-0.4, -0.2) is 7.11 Å². The van der Waals surface area contributed by atoms with Crippen LogP contribution in [0.5, 0.6) is 0 Å². The minimum atomic E-state index is 1.06. The van der Waals surface area contributed by atoms with E-state index in [-0.39, 0.29) is 0 Å². The molecule has 0 N–H and O–H groups in total. The molecule has 0 heterocycles. The lowest BCUT2D eigenvalue weighted by molar-refractivity contribution is 0.298. The summed E-state index contributed by atoms with van der Waals surface area (Å²) in [6.45, 7) is 8.27. The van der Waals surface area contributed by atoms with Crippen LogP contribution in [0.2, 0.25) is 0 Å². The highest BCUT2D eigenvalue weighted by molar-refractivity contribution is 5.27. The van der Waals surface area contributed by atoms with Crippen LogP contribution >= 0.6 is 0 Å². The summed E-state index contributed by atoms with van der Waals surface area (Å²) in [5.74, 6) is 1.06. The van der Waals surface area contributed by atoms with Crippen molar-refractivity contribution in [1.29, 1.82) is 0 Å². The summed E-state index contributed by atoms with van der Waals surface area (Å²) in [5, 5.41) is 0. The van der Waals surface area contributed by atoms with Gasteiger partial charge in [-0.05, 0) is 38.3 Å². The van der Waals surface area contributed by atoms with Gasteiger partial charge in [-0.15, -0.1) is 0 Å². The molecule has 0 aromatic heterocycles. The highest BCUT2D eigenvalue weighted by atomic mass is 16.5. The van der Waals surface area contributed by atoms with E-state index >= 15 is 0 Å². The number of ether oxygens (including phenoxy) is 1. The van der Waals surface area contributed by atoms with Crippen molar-refractivity contribution < 1.29 is 4.74 Å². The Morgan fingerprint density at radius 3 is 2.17 bits per heavy atom. The van der Waals surface area contributed by atoms with Crippen molar-refractivity contribution >= 4 is 0 Å². The molecule has 1 rings (SSSR count). The van der Waals surface area contributed by atoms with E-state index in [9.17, 15) is 0 Å². The predicted octanol–water partition coefficient (Wildman–Crippen LogP) is 3.67. The van der Waals surface area contributed by atoms with E-state index in [0.29, 0.717) is 0 Å². The van der Waals surface area contributed by atoms with Crippen LogP contribution in [0.1, 0.15) is 40.5 Å². The Hall–Kier alpha value is -0.720. The molecule has 1 nitrogen and oxygen atoms in total. The van der Waals surface area contributed by atoms with Gasteiger partial charge in [-0.2, -0.15) is 0 Å². The molecule has 1 heteroatoms. The first-order chi connectivity index (χ1) is 5.74. The first-order valence-electron chi connectivity index (χ1n) is 4.65. The minimum Gasteiger partial charge on any atom is -0.497 e. The normalized spacial score (nSPS) is 16.2. The van der Waals surface area contributed by atoms with Gasteiger partial charge in [0.15, 0.2) is 0 Å². The molecule has 0 saturated heterocycles. The van der Waals surface area contributed by atoms with E-state index in [1.54, 1.807) is 7.11 Å². The van der Waals surface area contributed by atoms with Crippen molar-refractivity contribution in [2.45, 2.75) is 40.5 Å². The molecule has 0 radical (unpaired) electrons. The van der Waals surface area contributed by atoms with E-state index in [2.05, 4.69) is 19.9 Å². The van der Waals surface area contributed by atoms with Crippen molar-refractivity contribution in [3.63, 3.8) is 0 Å². The zero-order chi connectivity index (χ0) is 9.56. The van der Waals surface area contributed by atoms with E-state index < -0.39 is 0 Å². The highest BCUT2D eigenvalue weighted by Crippen LogP contribution is 2.22. The van der Waals surface area contributed by atoms with Gasteiger partial charge in [0, 0.05) is 0 Å². The van der Waals surface area contributed by atoms with Crippen molar-refractivity contribution in [1.82, 2.24) is 0 Å². The maximum atomic E-state index is 5.18. The average Bonchev–Trinajstić information content (AvgIpc) is 2.13. The maximum Gasteiger partial charge on any atom is 0.117 e. The fraction of sp³-hybridized carbons (Fsp3) is 0.636. The number of allylic oxidation sites excluding steroid dienone is 3. The van der Waals surface area contributed by atoms with Gasteiger partial charge in [-0.25, -0.2) is 0 Å². The molecule has 1 aliphatic rings. The van der Waals surface area contributed by atoms with Gasteiger partial charge in [0.05, 0.1) is 7.11 Å². The summed E-state index contributed by atoms with van der Waals surface area (Å²) >= 11 is 0. The third-order valence-corrected chi connectivity index (χ3v) is 1.91. The third-order valence-electron chi connectivity index (χ3n) is 1.91. The van der Waals surface area contributed by atoms with E-state index in [1.807, 2.05) is 13.8 Å². The van der Waals surface area contributed by atoms with Crippen LogP contribution < -0.4 is 0 Å². The highest BCUT2D eigenvalue weighted by Gasteiger charge is 2.06. The zero-order valence-corrected chi connectivity index (χ0v) is 8.90. The quantitative estimate of drug-likeness (QED) is 0.580. The maximum absolute atomic E-state index is 5.18. The van der Waals surface area contributed by atoms with E-state index in [0.717, 1.165) is 12.2 Å². The Kier molecular flexibility index (Phi) is 5.52. The van der Waals surface area contributed by atoms with Gasteiger partial charge in [-0.3, -0.25) is 0 Å². The Morgan fingerprint density at radius 1 is 1.17 bits per heavy atom. The predicted molar refractivity (Wildman–Crippen MR) is 54.0 cm³/mol. The Bertz CT molecular complexity index is 187. The molecule has 0 atom stereocenters. The Labute approximate surface area is 76.1 Å². The molecule has 0 aromatic carbocycles. The first kappa shape index (κ1) is 11.3. The first-order valence-corrected chi connectivity index (χ1v) is 4.65.